The highest BCUT2D eigenvalue weighted by atomic mass is 35.5. The number of urea groups is 1. The van der Waals surface area contributed by atoms with Crippen LogP contribution < -0.4 is 16.4 Å². The summed E-state index contributed by atoms with van der Waals surface area (Å²) in [5.41, 5.74) is 8.57. The zero-order valence-corrected chi connectivity index (χ0v) is 27.7. The van der Waals surface area contributed by atoms with E-state index >= 15 is 0 Å². The van der Waals surface area contributed by atoms with Gasteiger partial charge in [-0.25, -0.2) is 14.8 Å². The first-order valence-electron chi connectivity index (χ1n) is 14.6. The predicted octanol–water partition coefficient (Wildman–Crippen LogP) is 8.16. The molecule has 0 bridgehead atoms. The fourth-order valence-corrected chi connectivity index (χ4v) is 7.23. The number of allylic oxidation sites excluding steroid dienone is 1. The lowest BCUT2D eigenvalue weighted by molar-refractivity contribution is -0.146. The third-order valence-electron chi connectivity index (χ3n) is 8.67. The van der Waals surface area contributed by atoms with Crippen LogP contribution in [0.1, 0.15) is 39.8 Å². The molecule has 2 atom stereocenters. The molecule has 2 aliphatic rings. The number of imide groups is 2. The van der Waals surface area contributed by atoms with Gasteiger partial charge in [0.1, 0.15) is 0 Å². The third kappa shape index (κ3) is 5.41. The molecule has 12 heteroatoms. The first kappa shape index (κ1) is 31.8. The second-order valence-electron chi connectivity index (χ2n) is 11.4. The molecule has 1 aromatic heterocycles. The number of aromatic nitrogens is 2. The summed E-state index contributed by atoms with van der Waals surface area (Å²) >= 11 is 25.2. The van der Waals surface area contributed by atoms with Gasteiger partial charge in [0.25, 0.3) is 0 Å². The van der Waals surface area contributed by atoms with Crippen LogP contribution in [0.5, 0.6) is 0 Å². The van der Waals surface area contributed by atoms with Gasteiger partial charge in [0.05, 0.1) is 11.4 Å². The quantitative estimate of drug-likeness (QED) is 0.161. The fourth-order valence-electron chi connectivity index (χ4n) is 6.73. The first-order valence-corrected chi connectivity index (χ1v) is 16.2. The minimum atomic E-state index is -2.01. The van der Waals surface area contributed by atoms with E-state index in [0.29, 0.717) is 64.9 Å². The smallest absolute Gasteiger partial charge is 0.328 e. The monoisotopic (exact) mass is 713 g/mol. The Morgan fingerprint density at radius 3 is 1.56 bits per heavy atom. The number of anilines is 1. The number of nitrogen functional groups attached to an aromatic ring is 1. The van der Waals surface area contributed by atoms with Gasteiger partial charge < -0.3 is 5.73 Å². The molecule has 48 heavy (non-hydrogen) atoms. The molecule has 4 N–H and O–H groups in total. The molecule has 1 aliphatic carbocycles. The maximum atomic E-state index is 14.7. The van der Waals surface area contributed by atoms with Crippen molar-refractivity contribution in [1.29, 1.82) is 0 Å². The molecule has 2 unspecified atom stereocenters. The number of nitrogens with two attached hydrogens (primary N) is 1. The van der Waals surface area contributed by atoms with Gasteiger partial charge in [-0.3, -0.25) is 20.2 Å². The summed E-state index contributed by atoms with van der Waals surface area (Å²) < 4.78 is 0. The van der Waals surface area contributed by atoms with Crippen LogP contribution in [0.4, 0.5) is 10.7 Å². The van der Waals surface area contributed by atoms with Gasteiger partial charge in [-0.1, -0.05) is 94.9 Å². The fraction of sp³-hybridized carbons (Fsp3) is 0.0833. The van der Waals surface area contributed by atoms with Crippen LogP contribution in [0.3, 0.4) is 0 Å². The SMILES string of the molecule is Nc1nc2c(c(-c3ccc(Cl)cc3)n1)C(c1ccc(Cl)cc1)C1(C(=O)NC(=O)NC1=O)C(c1ccc(Cl)cc1)/C2=C/c1ccc(Cl)cc1. The molecule has 5 aromatic rings. The molecule has 4 amide bonds. The maximum absolute atomic E-state index is 14.7. The van der Waals surface area contributed by atoms with Crippen molar-refractivity contribution >= 4 is 81.8 Å². The number of carbonyl (C=O) groups is 3. The van der Waals surface area contributed by atoms with Crippen molar-refractivity contribution in [3.05, 3.63) is 145 Å². The molecular weight excluding hydrogens is 692 g/mol. The summed E-state index contributed by atoms with van der Waals surface area (Å²) in [5, 5.41) is 6.72. The number of nitrogens with zero attached hydrogens (tertiary/aromatic N) is 2. The van der Waals surface area contributed by atoms with Crippen LogP contribution in [0.25, 0.3) is 22.9 Å². The molecule has 0 saturated carbocycles. The Bertz CT molecular complexity index is 2120. The topological polar surface area (TPSA) is 127 Å². The summed E-state index contributed by atoms with van der Waals surface area (Å²) in [7, 11) is 0. The minimum Gasteiger partial charge on any atom is -0.368 e. The second-order valence-corrected chi connectivity index (χ2v) is 13.2. The van der Waals surface area contributed by atoms with Crippen LogP contribution in [0.2, 0.25) is 20.1 Å². The summed E-state index contributed by atoms with van der Waals surface area (Å²) in [5.74, 6) is -3.73. The summed E-state index contributed by atoms with van der Waals surface area (Å²) in [6.07, 6.45) is 1.84. The molecular formula is C36H23Cl4N5O3. The molecule has 1 spiro atoms. The van der Waals surface area contributed by atoms with Crippen LogP contribution in [-0.2, 0) is 9.59 Å². The molecule has 8 nitrogen and oxygen atoms in total. The van der Waals surface area contributed by atoms with Gasteiger partial charge >= 0.3 is 6.03 Å². The summed E-state index contributed by atoms with van der Waals surface area (Å²) in [6, 6.07) is 26.8. The van der Waals surface area contributed by atoms with Crippen LogP contribution in [0.15, 0.2) is 97.1 Å². The zero-order chi connectivity index (χ0) is 33.7. The van der Waals surface area contributed by atoms with Gasteiger partial charge in [-0.2, -0.15) is 0 Å². The lowest BCUT2D eigenvalue weighted by Gasteiger charge is -2.50. The van der Waals surface area contributed by atoms with E-state index in [0.717, 1.165) is 0 Å². The number of hydrogen-bond donors (Lipinski definition) is 3. The van der Waals surface area contributed by atoms with E-state index in [1.54, 1.807) is 97.1 Å². The summed E-state index contributed by atoms with van der Waals surface area (Å²) in [4.78, 5) is 51.7. The Kier molecular flexibility index (Phi) is 8.21. The number of benzene rings is 4. The number of halogens is 4. The van der Waals surface area contributed by atoms with Crippen molar-refractivity contribution in [2.75, 3.05) is 5.73 Å². The number of nitrogens with one attached hydrogen (secondary N) is 2. The van der Waals surface area contributed by atoms with Crippen molar-refractivity contribution in [1.82, 2.24) is 20.6 Å². The highest BCUT2D eigenvalue weighted by Crippen LogP contribution is 2.62. The van der Waals surface area contributed by atoms with Crippen molar-refractivity contribution in [3.63, 3.8) is 0 Å². The van der Waals surface area contributed by atoms with Gasteiger partial charge in [0.2, 0.25) is 17.8 Å². The molecule has 0 radical (unpaired) electrons. The van der Waals surface area contributed by atoms with E-state index in [2.05, 4.69) is 10.6 Å². The Hall–Kier alpha value is -4.73. The van der Waals surface area contributed by atoms with Crippen molar-refractivity contribution in [2.45, 2.75) is 11.8 Å². The minimum absolute atomic E-state index is 0.0332. The van der Waals surface area contributed by atoms with Gasteiger partial charge in [0, 0.05) is 43.1 Å². The van der Waals surface area contributed by atoms with Gasteiger partial charge in [0.15, 0.2) is 5.41 Å². The van der Waals surface area contributed by atoms with Crippen molar-refractivity contribution in [3.8, 4) is 11.3 Å². The Balaban J connectivity index is 1.69. The average Bonchev–Trinajstić information content (AvgIpc) is 3.06. The van der Waals surface area contributed by atoms with E-state index in [9.17, 15) is 14.4 Å². The largest absolute Gasteiger partial charge is 0.368 e. The van der Waals surface area contributed by atoms with E-state index in [1.807, 2.05) is 6.08 Å². The molecule has 1 saturated heterocycles. The summed E-state index contributed by atoms with van der Waals surface area (Å²) in [6.45, 7) is 0. The molecule has 7 rings (SSSR count). The standard InChI is InChI=1S/C36H23Cl4N5O3/c37-22-9-1-18(2-10-22)17-26-28(19-3-11-23(38)12-4-19)36(32(46)44-35(48)45-33(36)47)29(20-5-13-24(39)14-6-20)27-30(42-34(41)43-31(26)27)21-7-15-25(40)16-8-21/h1-17,28-29H,(H2,41,42,43)(H2,44,45,46,47,48)/b26-17-. The van der Waals surface area contributed by atoms with Crippen LogP contribution in [0, 0.1) is 5.41 Å². The maximum Gasteiger partial charge on any atom is 0.328 e. The number of amides is 4. The van der Waals surface area contributed by atoms with Gasteiger partial charge in [-0.05, 0) is 76.9 Å². The number of hydrogen-bond acceptors (Lipinski definition) is 6. The van der Waals surface area contributed by atoms with Gasteiger partial charge in [-0.15, -0.1) is 0 Å². The Morgan fingerprint density at radius 1 is 0.604 bits per heavy atom. The molecule has 4 aromatic carbocycles. The number of barbiturate groups is 1. The number of fused-ring (bicyclic) bond motifs is 1. The van der Waals surface area contributed by atoms with E-state index in [-0.39, 0.29) is 5.95 Å². The highest BCUT2D eigenvalue weighted by molar-refractivity contribution is 6.31. The Labute approximate surface area is 294 Å². The molecule has 2 heterocycles. The van der Waals surface area contributed by atoms with E-state index < -0.39 is 35.1 Å². The van der Waals surface area contributed by atoms with Crippen LogP contribution >= 0.6 is 46.4 Å². The Morgan fingerprint density at radius 2 is 1.04 bits per heavy atom. The molecule has 1 fully saturated rings. The van der Waals surface area contributed by atoms with Crippen LogP contribution in [-0.4, -0.2) is 27.8 Å². The molecule has 238 valence electrons. The lowest BCUT2D eigenvalue weighted by Crippen LogP contribution is -2.67. The molecule has 1 aliphatic heterocycles. The highest BCUT2D eigenvalue weighted by Gasteiger charge is 2.65. The number of rotatable bonds is 4. The predicted molar refractivity (Wildman–Crippen MR) is 188 cm³/mol. The first-order chi connectivity index (χ1) is 23.1. The second kappa shape index (κ2) is 12.4. The van der Waals surface area contributed by atoms with Crippen molar-refractivity contribution < 1.29 is 14.4 Å². The van der Waals surface area contributed by atoms with E-state index in [1.165, 1.54) is 0 Å². The zero-order valence-electron chi connectivity index (χ0n) is 24.7. The van der Waals surface area contributed by atoms with Crippen molar-refractivity contribution in [2.24, 2.45) is 5.41 Å². The lowest BCUT2D eigenvalue weighted by atomic mass is 9.52. The number of carbonyl (C=O) groups excluding carboxylic acids is 3. The third-order valence-corrected chi connectivity index (χ3v) is 9.68. The normalized spacial score (nSPS) is 19.2. The van der Waals surface area contributed by atoms with E-state index in [4.69, 9.17) is 62.1 Å². The average molecular weight is 715 g/mol.